The molecule has 0 saturated carbocycles. The number of nitrogens with two attached hydrogens (primary N) is 1. The van der Waals surface area contributed by atoms with Crippen LogP contribution < -0.4 is 5.73 Å². The number of nitrogens with zero attached hydrogens (tertiary/aromatic N) is 2. The van der Waals surface area contributed by atoms with Gasteiger partial charge in [0.2, 0.25) is 0 Å². The first-order valence-electron chi connectivity index (χ1n) is 5.60. The van der Waals surface area contributed by atoms with Crippen molar-refractivity contribution in [1.29, 1.82) is 0 Å². The van der Waals surface area contributed by atoms with E-state index in [1.165, 1.54) is 12.1 Å². The molecule has 5 heteroatoms. The van der Waals surface area contributed by atoms with Crippen molar-refractivity contribution in [2.75, 3.05) is 5.73 Å². The summed E-state index contributed by atoms with van der Waals surface area (Å²) in [4.78, 5) is 8.59. The summed E-state index contributed by atoms with van der Waals surface area (Å²) in [5, 5.41) is 0. The van der Waals surface area contributed by atoms with E-state index in [9.17, 15) is 4.39 Å². The van der Waals surface area contributed by atoms with Crippen molar-refractivity contribution in [2.45, 2.75) is 20.3 Å². The molecule has 2 rings (SSSR count). The quantitative estimate of drug-likeness (QED) is 0.923. The molecule has 1 heterocycles. The second-order valence-electron chi connectivity index (χ2n) is 4.06. The van der Waals surface area contributed by atoms with Crippen LogP contribution in [0.2, 0.25) is 0 Å². The van der Waals surface area contributed by atoms with Crippen LogP contribution in [0.5, 0.6) is 0 Å². The highest BCUT2D eigenvalue weighted by Gasteiger charge is 2.11. The van der Waals surface area contributed by atoms with E-state index < -0.39 is 0 Å². The first kappa shape index (κ1) is 13.0. The molecule has 0 aliphatic carbocycles. The SMILES string of the molecule is CCc1nc(-c2cc(C)cc(F)c2)nc(N)c1Br. The first-order chi connectivity index (χ1) is 8.51. The van der Waals surface area contributed by atoms with E-state index in [4.69, 9.17) is 5.73 Å². The molecule has 0 fully saturated rings. The number of nitrogen functional groups attached to an aromatic ring is 1. The minimum absolute atomic E-state index is 0.298. The second kappa shape index (κ2) is 5.02. The normalized spacial score (nSPS) is 10.7. The lowest BCUT2D eigenvalue weighted by Crippen LogP contribution is -2.02. The highest BCUT2D eigenvalue weighted by atomic mass is 79.9. The zero-order valence-electron chi connectivity index (χ0n) is 10.2. The molecule has 3 nitrogen and oxygen atoms in total. The summed E-state index contributed by atoms with van der Waals surface area (Å²) >= 11 is 3.35. The molecule has 0 saturated heterocycles. The number of hydrogen-bond donors (Lipinski definition) is 1. The molecule has 1 aromatic carbocycles. The summed E-state index contributed by atoms with van der Waals surface area (Å²) in [6.45, 7) is 3.81. The Morgan fingerprint density at radius 3 is 2.61 bits per heavy atom. The average Bonchev–Trinajstić information content (AvgIpc) is 2.31. The standard InChI is InChI=1S/C13H13BrFN3/c1-3-10-11(14)12(16)18-13(17-10)8-4-7(2)5-9(15)6-8/h4-6H,3H2,1-2H3,(H2,16,17,18). The molecule has 2 aromatic rings. The molecule has 0 spiro atoms. The second-order valence-corrected chi connectivity index (χ2v) is 4.86. The minimum Gasteiger partial charge on any atom is -0.383 e. The Morgan fingerprint density at radius 1 is 1.28 bits per heavy atom. The van der Waals surface area contributed by atoms with Gasteiger partial charge in [-0.25, -0.2) is 14.4 Å². The van der Waals surface area contributed by atoms with Crippen LogP contribution in [0.15, 0.2) is 22.7 Å². The molecule has 0 aliphatic rings. The number of halogens is 2. The van der Waals surface area contributed by atoms with Gasteiger partial charge in [-0.05, 0) is 53.0 Å². The van der Waals surface area contributed by atoms with E-state index in [0.717, 1.165) is 17.7 Å². The predicted octanol–water partition coefficient (Wildman–Crippen LogP) is 3.50. The molecule has 2 N–H and O–H groups in total. The summed E-state index contributed by atoms with van der Waals surface area (Å²) in [6.07, 6.45) is 0.731. The average molecular weight is 310 g/mol. The van der Waals surface area contributed by atoms with Crippen molar-refractivity contribution in [1.82, 2.24) is 9.97 Å². The summed E-state index contributed by atoms with van der Waals surface area (Å²) < 4.78 is 14.1. The summed E-state index contributed by atoms with van der Waals surface area (Å²) in [5.74, 6) is 0.530. The molecule has 1 aromatic heterocycles. The predicted molar refractivity (Wildman–Crippen MR) is 73.7 cm³/mol. The fourth-order valence-corrected chi connectivity index (χ4v) is 2.20. The first-order valence-corrected chi connectivity index (χ1v) is 6.40. The van der Waals surface area contributed by atoms with Gasteiger partial charge in [-0.2, -0.15) is 0 Å². The molecular formula is C13H13BrFN3. The maximum absolute atomic E-state index is 13.4. The number of rotatable bonds is 2. The highest BCUT2D eigenvalue weighted by Crippen LogP contribution is 2.26. The molecule has 94 valence electrons. The van der Waals surface area contributed by atoms with E-state index in [1.807, 2.05) is 19.9 Å². The van der Waals surface area contributed by atoms with Crippen molar-refractivity contribution in [3.05, 3.63) is 39.7 Å². The van der Waals surface area contributed by atoms with Gasteiger partial charge in [0.05, 0.1) is 10.2 Å². The van der Waals surface area contributed by atoms with Crippen molar-refractivity contribution in [2.24, 2.45) is 0 Å². The van der Waals surface area contributed by atoms with Crippen molar-refractivity contribution >= 4 is 21.7 Å². The van der Waals surface area contributed by atoms with E-state index in [2.05, 4.69) is 25.9 Å². The molecular weight excluding hydrogens is 297 g/mol. The Morgan fingerprint density at radius 2 is 2.00 bits per heavy atom. The van der Waals surface area contributed by atoms with Crippen LogP contribution in [0.4, 0.5) is 10.2 Å². The van der Waals surface area contributed by atoms with Crippen LogP contribution in [0.3, 0.4) is 0 Å². The van der Waals surface area contributed by atoms with E-state index in [-0.39, 0.29) is 5.82 Å². The number of aryl methyl sites for hydroxylation is 2. The lowest BCUT2D eigenvalue weighted by Gasteiger charge is -2.08. The zero-order chi connectivity index (χ0) is 13.3. The van der Waals surface area contributed by atoms with Gasteiger partial charge in [-0.15, -0.1) is 0 Å². The fraction of sp³-hybridized carbons (Fsp3) is 0.231. The van der Waals surface area contributed by atoms with Crippen LogP contribution in [-0.2, 0) is 6.42 Å². The van der Waals surface area contributed by atoms with Crippen molar-refractivity contribution in [3.8, 4) is 11.4 Å². The molecule has 0 bridgehead atoms. The number of hydrogen-bond acceptors (Lipinski definition) is 3. The van der Waals surface area contributed by atoms with E-state index in [1.54, 1.807) is 0 Å². The van der Waals surface area contributed by atoms with Crippen LogP contribution in [-0.4, -0.2) is 9.97 Å². The largest absolute Gasteiger partial charge is 0.383 e. The smallest absolute Gasteiger partial charge is 0.161 e. The van der Waals surface area contributed by atoms with Crippen LogP contribution in [0.25, 0.3) is 11.4 Å². The molecule has 0 atom stereocenters. The fourth-order valence-electron chi connectivity index (χ4n) is 1.74. The highest BCUT2D eigenvalue weighted by molar-refractivity contribution is 9.10. The van der Waals surface area contributed by atoms with E-state index >= 15 is 0 Å². The third-order valence-corrected chi connectivity index (χ3v) is 3.44. The van der Waals surface area contributed by atoms with Gasteiger partial charge >= 0.3 is 0 Å². The Hall–Kier alpha value is -1.49. The monoisotopic (exact) mass is 309 g/mol. The van der Waals surface area contributed by atoms with Crippen LogP contribution in [0.1, 0.15) is 18.2 Å². The Balaban J connectivity index is 2.60. The van der Waals surface area contributed by atoms with Crippen molar-refractivity contribution in [3.63, 3.8) is 0 Å². The summed E-state index contributed by atoms with van der Waals surface area (Å²) in [7, 11) is 0. The Bertz CT molecular complexity index is 579. The molecule has 0 unspecified atom stereocenters. The zero-order valence-corrected chi connectivity index (χ0v) is 11.8. The van der Waals surface area contributed by atoms with Gasteiger partial charge in [0.15, 0.2) is 5.82 Å². The molecule has 0 radical (unpaired) electrons. The maximum atomic E-state index is 13.4. The maximum Gasteiger partial charge on any atom is 0.161 e. The minimum atomic E-state index is -0.298. The summed E-state index contributed by atoms with van der Waals surface area (Å²) in [5.41, 5.74) is 8.10. The van der Waals surface area contributed by atoms with Gasteiger partial charge in [-0.1, -0.05) is 6.92 Å². The van der Waals surface area contributed by atoms with Gasteiger partial charge in [-0.3, -0.25) is 0 Å². The topological polar surface area (TPSA) is 51.8 Å². The van der Waals surface area contributed by atoms with E-state index in [0.29, 0.717) is 21.7 Å². The van der Waals surface area contributed by atoms with Crippen molar-refractivity contribution < 1.29 is 4.39 Å². The van der Waals surface area contributed by atoms with Gasteiger partial charge in [0.25, 0.3) is 0 Å². The Labute approximate surface area is 113 Å². The molecule has 18 heavy (non-hydrogen) atoms. The van der Waals surface area contributed by atoms with Gasteiger partial charge in [0, 0.05) is 5.56 Å². The number of aromatic nitrogens is 2. The molecule has 0 amide bonds. The third kappa shape index (κ3) is 2.51. The number of benzene rings is 1. The van der Waals surface area contributed by atoms with Crippen LogP contribution in [0, 0.1) is 12.7 Å². The van der Waals surface area contributed by atoms with Crippen LogP contribution >= 0.6 is 15.9 Å². The Kier molecular flexibility index (Phi) is 3.61. The lowest BCUT2D eigenvalue weighted by molar-refractivity contribution is 0.627. The molecule has 0 aliphatic heterocycles. The number of anilines is 1. The van der Waals surface area contributed by atoms with Gasteiger partial charge in [0.1, 0.15) is 11.6 Å². The summed E-state index contributed by atoms with van der Waals surface area (Å²) in [6, 6.07) is 4.72. The van der Waals surface area contributed by atoms with Gasteiger partial charge < -0.3 is 5.73 Å². The lowest BCUT2D eigenvalue weighted by atomic mass is 10.1. The third-order valence-electron chi connectivity index (χ3n) is 2.58.